The fraction of sp³-hybridized carbons (Fsp3) is 0.737. The Morgan fingerprint density at radius 3 is 2.52 bits per heavy atom. The summed E-state index contributed by atoms with van der Waals surface area (Å²) in [4.78, 5) is 11.3. The molecule has 0 saturated carbocycles. The molecule has 134 valence electrons. The van der Waals surface area contributed by atoms with Crippen LogP contribution in [0.15, 0.2) is 23.5 Å². The molecule has 0 heterocycles. The summed E-state index contributed by atoms with van der Waals surface area (Å²) in [6.07, 6.45) is 8.77. The molecule has 0 rings (SSSR count). The van der Waals surface area contributed by atoms with Crippen molar-refractivity contribution in [2.75, 3.05) is 19.8 Å². The normalized spacial score (nSPS) is 12.7. The first-order valence-electron chi connectivity index (χ1n) is 8.65. The number of allylic oxidation sites excluding steroid dienone is 3. The fourth-order valence-electron chi connectivity index (χ4n) is 2.10. The van der Waals surface area contributed by atoms with Gasteiger partial charge in [-0.25, -0.2) is 4.79 Å². The highest BCUT2D eigenvalue weighted by Crippen LogP contribution is 2.17. The number of rotatable bonds is 12. The number of hydrogen-bond acceptors (Lipinski definition) is 4. The van der Waals surface area contributed by atoms with Crippen LogP contribution in [-0.4, -0.2) is 26.0 Å². The molecule has 4 heteroatoms. The number of carbonyl (C=O) groups is 1. The van der Waals surface area contributed by atoms with Gasteiger partial charge in [-0.2, -0.15) is 0 Å². The molecule has 0 aromatic carbocycles. The van der Waals surface area contributed by atoms with Gasteiger partial charge in [0.05, 0.1) is 12.9 Å². The van der Waals surface area contributed by atoms with Crippen molar-refractivity contribution in [3.63, 3.8) is 0 Å². The SMILES string of the molecule is CCOCCOC(=O)OC=C(C)CCCC(C)CCC=C(C)C. The predicted molar refractivity (Wildman–Crippen MR) is 94.4 cm³/mol. The highest BCUT2D eigenvalue weighted by atomic mass is 16.7. The molecule has 0 aromatic heterocycles. The van der Waals surface area contributed by atoms with Gasteiger partial charge in [-0.05, 0) is 64.9 Å². The maximum Gasteiger partial charge on any atom is 0.513 e. The van der Waals surface area contributed by atoms with Gasteiger partial charge in [0, 0.05) is 6.61 Å². The molecule has 0 fully saturated rings. The second kappa shape index (κ2) is 14.3. The van der Waals surface area contributed by atoms with Crippen molar-refractivity contribution >= 4 is 6.16 Å². The molecule has 23 heavy (non-hydrogen) atoms. The van der Waals surface area contributed by atoms with Crippen molar-refractivity contribution in [3.8, 4) is 0 Å². The lowest BCUT2D eigenvalue weighted by atomic mass is 9.97. The van der Waals surface area contributed by atoms with E-state index in [9.17, 15) is 4.79 Å². The Labute approximate surface area is 141 Å². The van der Waals surface area contributed by atoms with E-state index in [0.29, 0.717) is 13.2 Å². The largest absolute Gasteiger partial charge is 0.513 e. The predicted octanol–water partition coefficient (Wildman–Crippen LogP) is 5.63. The molecular formula is C19H34O4. The van der Waals surface area contributed by atoms with E-state index >= 15 is 0 Å². The lowest BCUT2D eigenvalue weighted by Crippen LogP contribution is -2.10. The lowest BCUT2D eigenvalue weighted by molar-refractivity contribution is 0.0474. The van der Waals surface area contributed by atoms with Crippen LogP contribution in [0.25, 0.3) is 0 Å². The molecule has 0 radical (unpaired) electrons. The van der Waals surface area contributed by atoms with Crippen LogP contribution in [0.4, 0.5) is 4.79 Å². The zero-order valence-electron chi connectivity index (χ0n) is 15.5. The van der Waals surface area contributed by atoms with E-state index in [-0.39, 0.29) is 6.61 Å². The molecule has 0 bridgehead atoms. The van der Waals surface area contributed by atoms with E-state index in [0.717, 1.165) is 30.8 Å². The van der Waals surface area contributed by atoms with Crippen LogP contribution in [0.2, 0.25) is 0 Å². The van der Waals surface area contributed by atoms with Gasteiger partial charge in [0.15, 0.2) is 0 Å². The molecule has 0 amide bonds. The first-order chi connectivity index (χ1) is 11.0. The Morgan fingerprint density at radius 1 is 1.13 bits per heavy atom. The fourth-order valence-corrected chi connectivity index (χ4v) is 2.10. The summed E-state index contributed by atoms with van der Waals surface area (Å²) in [6.45, 7) is 11.7. The van der Waals surface area contributed by atoms with Crippen LogP contribution in [0.3, 0.4) is 0 Å². The summed E-state index contributed by atoms with van der Waals surface area (Å²) in [5.41, 5.74) is 2.45. The summed E-state index contributed by atoms with van der Waals surface area (Å²) in [7, 11) is 0. The van der Waals surface area contributed by atoms with Gasteiger partial charge in [0.2, 0.25) is 0 Å². The van der Waals surface area contributed by atoms with Crippen molar-refractivity contribution in [3.05, 3.63) is 23.5 Å². The molecule has 1 atom stereocenters. The van der Waals surface area contributed by atoms with E-state index in [1.54, 1.807) is 0 Å². The van der Waals surface area contributed by atoms with Crippen molar-refractivity contribution in [2.24, 2.45) is 5.92 Å². The maximum atomic E-state index is 11.3. The molecule has 0 N–H and O–H groups in total. The van der Waals surface area contributed by atoms with Crippen LogP contribution < -0.4 is 0 Å². The smallest absolute Gasteiger partial charge is 0.432 e. The van der Waals surface area contributed by atoms with E-state index < -0.39 is 6.16 Å². The molecule has 0 aliphatic heterocycles. The van der Waals surface area contributed by atoms with Crippen molar-refractivity contribution < 1.29 is 19.0 Å². The molecule has 4 nitrogen and oxygen atoms in total. The summed E-state index contributed by atoms with van der Waals surface area (Å²) in [5, 5.41) is 0. The van der Waals surface area contributed by atoms with Gasteiger partial charge < -0.3 is 14.2 Å². The Balaban J connectivity index is 3.73. The second-order valence-corrected chi connectivity index (χ2v) is 6.23. The topological polar surface area (TPSA) is 44.8 Å². The van der Waals surface area contributed by atoms with Gasteiger partial charge >= 0.3 is 6.16 Å². The molecule has 1 unspecified atom stereocenters. The minimum Gasteiger partial charge on any atom is -0.432 e. The summed E-state index contributed by atoms with van der Waals surface area (Å²) >= 11 is 0. The molecule has 0 aliphatic carbocycles. The van der Waals surface area contributed by atoms with E-state index in [1.807, 2.05) is 13.8 Å². The van der Waals surface area contributed by atoms with Gasteiger partial charge in [-0.3, -0.25) is 0 Å². The quantitative estimate of drug-likeness (QED) is 0.202. The first kappa shape index (κ1) is 21.7. The number of ether oxygens (including phenoxy) is 3. The Kier molecular flexibility index (Phi) is 13.5. The zero-order chi connectivity index (χ0) is 17.5. The molecule has 0 aromatic rings. The van der Waals surface area contributed by atoms with Gasteiger partial charge in [0.25, 0.3) is 0 Å². The van der Waals surface area contributed by atoms with Crippen molar-refractivity contribution in [1.29, 1.82) is 0 Å². The number of carbonyl (C=O) groups excluding carboxylic acids is 1. The van der Waals surface area contributed by atoms with Gasteiger partial charge in [-0.1, -0.05) is 25.0 Å². The van der Waals surface area contributed by atoms with E-state index in [4.69, 9.17) is 14.2 Å². The average Bonchev–Trinajstić information content (AvgIpc) is 2.49. The molecule has 0 spiro atoms. The van der Waals surface area contributed by atoms with Crippen LogP contribution in [0, 0.1) is 5.92 Å². The monoisotopic (exact) mass is 326 g/mol. The average molecular weight is 326 g/mol. The third kappa shape index (κ3) is 15.4. The molecular weight excluding hydrogens is 292 g/mol. The first-order valence-corrected chi connectivity index (χ1v) is 8.65. The van der Waals surface area contributed by atoms with Crippen molar-refractivity contribution in [2.45, 2.75) is 66.7 Å². The summed E-state index contributed by atoms with van der Waals surface area (Å²) in [6, 6.07) is 0. The highest BCUT2D eigenvalue weighted by Gasteiger charge is 2.04. The molecule has 0 aliphatic rings. The minimum absolute atomic E-state index is 0.225. The highest BCUT2D eigenvalue weighted by molar-refractivity contribution is 5.60. The standard InChI is InChI=1S/C19H34O4/c1-6-21-13-14-22-19(20)23-15-18(5)12-8-11-17(4)10-7-9-16(2)3/h9,15,17H,6-8,10-14H2,1-5H3. The Morgan fingerprint density at radius 2 is 1.87 bits per heavy atom. The third-order valence-corrected chi connectivity index (χ3v) is 3.49. The number of hydrogen-bond donors (Lipinski definition) is 0. The van der Waals surface area contributed by atoms with Crippen LogP contribution in [-0.2, 0) is 14.2 Å². The minimum atomic E-state index is -0.667. The van der Waals surface area contributed by atoms with Crippen LogP contribution in [0.5, 0.6) is 0 Å². The van der Waals surface area contributed by atoms with Crippen LogP contribution >= 0.6 is 0 Å². The van der Waals surface area contributed by atoms with E-state index in [1.165, 1.54) is 24.7 Å². The lowest BCUT2D eigenvalue weighted by Gasteiger charge is -2.10. The maximum absolute atomic E-state index is 11.3. The Bertz CT molecular complexity index is 368. The van der Waals surface area contributed by atoms with Crippen LogP contribution in [0.1, 0.15) is 66.7 Å². The third-order valence-electron chi connectivity index (χ3n) is 3.49. The second-order valence-electron chi connectivity index (χ2n) is 6.23. The zero-order valence-corrected chi connectivity index (χ0v) is 15.5. The molecule has 0 saturated heterocycles. The van der Waals surface area contributed by atoms with Gasteiger partial charge in [0.1, 0.15) is 6.61 Å². The Hall–Kier alpha value is -1.29. The summed E-state index contributed by atoms with van der Waals surface area (Å²) < 4.78 is 14.9. The van der Waals surface area contributed by atoms with E-state index in [2.05, 4.69) is 26.8 Å². The van der Waals surface area contributed by atoms with Crippen molar-refractivity contribution in [1.82, 2.24) is 0 Å². The summed E-state index contributed by atoms with van der Waals surface area (Å²) in [5.74, 6) is 0.725. The van der Waals surface area contributed by atoms with Gasteiger partial charge in [-0.15, -0.1) is 0 Å².